The maximum atomic E-state index is 5.25. The molecule has 1 N–H and O–H groups in total. The van der Waals surface area contributed by atoms with E-state index in [0.717, 1.165) is 5.75 Å². The fourth-order valence-electron chi connectivity index (χ4n) is 3.27. The van der Waals surface area contributed by atoms with Crippen molar-refractivity contribution in [3.8, 4) is 5.75 Å². The van der Waals surface area contributed by atoms with Gasteiger partial charge in [-0.2, -0.15) is 0 Å². The van der Waals surface area contributed by atoms with Gasteiger partial charge in [0.1, 0.15) is 5.75 Å². The molecule has 2 nitrogen and oxygen atoms in total. The lowest BCUT2D eigenvalue weighted by Gasteiger charge is -2.31. The van der Waals surface area contributed by atoms with E-state index in [0.29, 0.717) is 12.0 Å². The molecule has 0 aromatic heterocycles. The van der Waals surface area contributed by atoms with Crippen LogP contribution in [0.3, 0.4) is 0 Å². The van der Waals surface area contributed by atoms with Gasteiger partial charge in [0.15, 0.2) is 0 Å². The van der Waals surface area contributed by atoms with Gasteiger partial charge in [-0.25, -0.2) is 0 Å². The normalized spacial score (nSPS) is 21.3. The van der Waals surface area contributed by atoms with Crippen LogP contribution in [0.2, 0.25) is 0 Å². The molecule has 1 unspecified atom stereocenters. The van der Waals surface area contributed by atoms with Gasteiger partial charge in [0.25, 0.3) is 0 Å². The summed E-state index contributed by atoms with van der Waals surface area (Å²) in [6.45, 7) is 0. The maximum Gasteiger partial charge on any atom is 0.118 e. The van der Waals surface area contributed by atoms with Crippen molar-refractivity contribution >= 4 is 0 Å². The summed E-state index contributed by atoms with van der Waals surface area (Å²) in [6.07, 6.45) is 2.37. The maximum absolute atomic E-state index is 5.25. The second-order valence-corrected chi connectivity index (χ2v) is 5.37. The Labute approximate surface area is 120 Å². The van der Waals surface area contributed by atoms with Crippen molar-refractivity contribution in [1.82, 2.24) is 5.32 Å². The lowest BCUT2D eigenvalue weighted by Crippen LogP contribution is -2.24. The first-order valence-electron chi connectivity index (χ1n) is 7.23. The highest BCUT2D eigenvalue weighted by atomic mass is 16.5. The van der Waals surface area contributed by atoms with E-state index in [9.17, 15) is 0 Å². The molecular formula is C18H21NO. The van der Waals surface area contributed by atoms with E-state index in [4.69, 9.17) is 4.74 Å². The summed E-state index contributed by atoms with van der Waals surface area (Å²) in [7, 11) is 3.76. The summed E-state index contributed by atoms with van der Waals surface area (Å²) in [5, 5.41) is 3.43. The van der Waals surface area contributed by atoms with Gasteiger partial charge in [-0.15, -0.1) is 0 Å². The van der Waals surface area contributed by atoms with Crippen molar-refractivity contribution < 1.29 is 4.74 Å². The van der Waals surface area contributed by atoms with Crippen LogP contribution in [0.1, 0.15) is 41.5 Å². The SMILES string of the molecule is CN[C@@H]1CCC(c2ccc(OC)cc2)c2ccccc21. The van der Waals surface area contributed by atoms with Crippen molar-refractivity contribution in [2.75, 3.05) is 14.2 Å². The molecule has 0 bridgehead atoms. The Bertz CT molecular complexity index is 576. The Morgan fingerprint density at radius 2 is 1.65 bits per heavy atom. The quantitative estimate of drug-likeness (QED) is 0.911. The number of rotatable bonds is 3. The summed E-state index contributed by atoms with van der Waals surface area (Å²) in [5.41, 5.74) is 4.29. The third-order valence-corrected chi connectivity index (χ3v) is 4.36. The number of nitrogens with one attached hydrogen (secondary N) is 1. The van der Waals surface area contributed by atoms with Gasteiger partial charge in [-0.1, -0.05) is 36.4 Å². The molecule has 0 amide bonds. The van der Waals surface area contributed by atoms with Crippen LogP contribution in [0.15, 0.2) is 48.5 Å². The Balaban J connectivity index is 1.98. The highest BCUT2D eigenvalue weighted by Crippen LogP contribution is 2.41. The number of fused-ring (bicyclic) bond motifs is 1. The fourth-order valence-corrected chi connectivity index (χ4v) is 3.27. The highest BCUT2D eigenvalue weighted by Gasteiger charge is 2.26. The molecule has 0 saturated carbocycles. The number of methoxy groups -OCH3 is 1. The average Bonchev–Trinajstić information content (AvgIpc) is 2.54. The number of hydrogen-bond donors (Lipinski definition) is 1. The van der Waals surface area contributed by atoms with Gasteiger partial charge in [0.05, 0.1) is 7.11 Å². The van der Waals surface area contributed by atoms with E-state index >= 15 is 0 Å². The van der Waals surface area contributed by atoms with Gasteiger partial charge in [0.2, 0.25) is 0 Å². The Morgan fingerprint density at radius 3 is 2.30 bits per heavy atom. The first-order valence-corrected chi connectivity index (χ1v) is 7.23. The molecule has 2 aromatic carbocycles. The molecular weight excluding hydrogens is 246 g/mol. The molecule has 2 atom stereocenters. The Kier molecular flexibility index (Phi) is 3.75. The molecule has 0 spiro atoms. The Hall–Kier alpha value is -1.80. The monoisotopic (exact) mass is 267 g/mol. The standard InChI is InChI=1S/C18H21NO/c1-19-18-12-11-15(16-5-3-4-6-17(16)18)13-7-9-14(20-2)10-8-13/h3-10,15,18-19H,11-12H2,1-2H3/t15?,18-/m1/s1. The van der Waals surface area contributed by atoms with Crippen molar-refractivity contribution in [2.45, 2.75) is 24.8 Å². The zero-order chi connectivity index (χ0) is 13.9. The highest BCUT2D eigenvalue weighted by molar-refractivity contribution is 5.42. The number of hydrogen-bond acceptors (Lipinski definition) is 2. The minimum atomic E-state index is 0.487. The summed E-state index contributed by atoms with van der Waals surface area (Å²) in [5.74, 6) is 1.42. The first-order chi connectivity index (χ1) is 9.83. The van der Waals surface area contributed by atoms with Crippen LogP contribution < -0.4 is 10.1 Å². The molecule has 104 valence electrons. The molecule has 20 heavy (non-hydrogen) atoms. The predicted molar refractivity (Wildman–Crippen MR) is 82.3 cm³/mol. The molecule has 0 radical (unpaired) electrons. The Morgan fingerprint density at radius 1 is 0.950 bits per heavy atom. The molecule has 2 heteroatoms. The van der Waals surface area contributed by atoms with Crippen molar-refractivity contribution in [3.05, 3.63) is 65.2 Å². The minimum absolute atomic E-state index is 0.487. The first kappa shape index (κ1) is 13.2. The number of benzene rings is 2. The molecule has 1 aliphatic rings. The lowest BCUT2D eigenvalue weighted by molar-refractivity contribution is 0.414. The third kappa shape index (κ3) is 2.32. The smallest absolute Gasteiger partial charge is 0.118 e. The van der Waals surface area contributed by atoms with Gasteiger partial charge < -0.3 is 10.1 Å². The zero-order valence-electron chi connectivity index (χ0n) is 12.1. The van der Waals surface area contributed by atoms with Crippen molar-refractivity contribution in [3.63, 3.8) is 0 Å². The van der Waals surface area contributed by atoms with E-state index in [-0.39, 0.29) is 0 Å². The van der Waals surface area contributed by atoms with E-state index in [1.54, 1.807) is 7.11 Å². The van der Waals surface area contributed by atoms with E-state index in [1.807, 2.05) is 0 Å². The van der Waals surface area contributed by atoms with E-state index < -0.39 is 0 Å². The third-order valence-electron chi connectivity index (χ3n) is 4.36. The van der Waals surface area contributed by atoms with Gasteiger partial charge in [0, 0.05) is 12.0 Å². The van der Waals surface area contributed by atoms with Crippen molar-refractivity contribution in [1.29, 1.82) is 0 Å². The summed E-state index contributed by atoms with van der Waals surface area (Å²) >= 11 is 0. The molecule has 1 aliphatic carbocycles. The van der Waals surface area contributed by atoms with Crippen molar-refractivity contribution in [2.24, 2.45) is 0 Å². The molecule has 0 saturated heterocycles. The summed E-state index contributed by atoms with van der Waals surface area (Å²) < 4.78 is 5.25. The minimum Gasteiger partial charge on any atom is -0.497 e. The van der Waals surface area contributed by atoms with Gasteiger partial charge >= 0.3 is 0 Å². The van der Waals surface area contributed by atoms with Crippen LogP contribution in [0, 0.1) is 0 Å². The van der Waals surface area contributed by atoms with Gasteiger partial charge in [-0.3, -0.25) is 0 Å². The van der Waals surface area contributed by atoms with Crippen LogP contribution in [-0.4, -0.2) is 14.2 Å². The number of ether oxygens (including phenoxy) is 1. The fraction of sp³-hybridized carbons (Fsp3) is 0.333. The predicted octanol–water partition coefficient (Wildman–Crippen LogP) is 3.88. The van der Waals surface area contributed by atoms with Crippen LogP contribution >= 0.6 is 0 Å². The molecule has 0 fully saturated rings. The summed E-state index contributed by atoms with van der Waals surface area (Å²) in [6, 6.07) is 17.8. The molecule has 0 aliphatic heterocycles. The van der Waals surface area contributed by atoms with Crippen LogP contribution in [0.25, 0.3) is 0 Å². The van der Waals surface area contributed by atoms with Crippen LogP contribution in [0.5, 0.6) is 5.75 Å². The van der Waals surface area contributed by atoms with Crippen LogP contribution in [0.4, 0.5) is 0 Å². The van der Waals surface area contributed by atoms with Gasteiger partial charge in [-0.05, 0) is 48.7 Å². The largest absolute Gasteiger partial charge is 0.497 e. The summed E-state index contributed by atoms with van der Waals surface area (Å²) in [4.78, 5) is 0. The zero-order valence-corrected chi connectivity index (χ0v) is 12.1. The van der Waals surface area contributed by atoms with E-state index in [1.165, 1.54) is 29.5 Å². The lowest BCUT2D eigenvalue weighted by atomic mass is 9.77. The van der Waals surface area contributed by atoms with Crippen LogP contribution in [-0.2, 0) is 0 Å². The average molecular weight is 267 g/mol. The second-order valence-electron chi connectivity index (χ2n) is 5.37. The second kappa shape index (κ2) is 5.68. The molecule has 0 heterocycles. The molecule has 2 aromatic rings. The molecule has 3 rings (SSSR count). The topological polar surface area (TPSA) is 21.3 Å². The van der Waals surface area contributed by atoms with E-state index in [2.05, 4.69) is 60.9 Å².